The number of rotatable bonds is 8. The lowest BCUT2D eigenvalue weighted by Crippen LogP contribution is -2.47. The molecule has 0 amide bonds. The maximum Gasteiger partial charge on any atom is 0.573 e. The van der Waals surface area contributed by atoms with Gasteiger partial charge in [0.25, 0.3) is 0 Å². The van der Waals surface area contributed by atoms with Gasteiger partial charge < -0.3 is 9.29 Å². The highest BCUT2D eigenvalue weighted by atomic mass is 32.2. The fourth-order valence-corrected chi connectivity index (χ4v) is 7.03. The molecule has 1 aliphatic rings. The smallest absolute Gasteiger partial charge is 0.573 e. The summed E-state index contributed by atoms with van der Waals surface area (Å²) < 4.78 is 69.4. The molecule has 0 bridgehead atoms. The van der Waals surface area contributed by atoms with Crippen LogP contribution < -0.4 is 9.04 Å². The van der Waals surface area contributed by atoms with Crippen molar-refractivity contribution in [1.82, 2.24) is 4.90 Å². The van der Waals surface area contributed by atoms with E-state index in [0.29, 0.717) is 18.0 Å². The molecule has 4 aromatic rings. The Hall–Kier alpha value is -2.92. The highest BCUT2D eigenvalue weighted by Crippen LogP contribution is 2.38. The van der Waals surface area contributed by atoms with Crippen molar-refractivity contribution in [2.24, 2.45) is 0 Å². The number of alkyl halides is 3. The second-order valence-electron chi connectivity index (χ2n) is 9.35. The predicted octanol–water partition coefficient (Wildman–Crippen LogP) is 6.38. The second-order valence-corrected chi connectivity index (χ2v) is 11.3. The number of benzene rings is 3. The van der Waals surface area contributed by atoms with E-state index in [-0.39, 0.29) is 18.3 Å². The molecule has 38 heavy (non-hydrogen) atoms. The van der Waals surface area contributed by atoms with E-state index in [2.05, 4.69) is 21.8 Å². The van der Waals surface area contributed by atoms with Crippen LogP contribution >= 0.6 is 11.3 Å². The van der Waals surface area contributed by atoms with Gasteiger partial charge in [-0.3, -0.25) is 13.4 Å². The molecule has 0 radical (unpaired) electrons. The summed E-state index contributed by atoms with van der Waals surface area (Å²) in [6.45, 7) is 3.56. The zero-order valence-corrected chi connectivity index (χ0v) is 22.2. The number of hydrogen-bond acceptors (Lipinski definition) is 5. The lowest BCUT2D eigenvalue weighted by atomic mass is 9.96. The maximum absolute atomic E-state index is 12.6. The molecule has 2 heterocycles. The molecular formula is C28H26F3N2O3S2-. The predicted molar refractivity (Wildman–Crippen MR) is 144 cm³/mol. The number of anilines is 1. The second kappa shape index (κ2) is 11.1. The Morgan fingerprint density at radius 1 is 1.05 bits per heavy atom. The molecule has 0 saturated heterocycles. The van der Waals surface area contributed by atoms with Crippen LogP contribution in [0.4, 0.5) is 18.2 Å². The van der Waals surface area contributed by atoms with Crippen LogP contribution in [0.15, 0.2) is 72.8 Å². The van der Waals surface area contributed by atoms with E-state index in [1.165, 1.54) is 38.9 Å². The Morgan fingerprint density at radius 2 is 1.74 bits per heavy atom. The first kappa shape index (κ1) is 26.7. The average molecular weight is 560 g/mol. The van der Waals surface area contributed by atoms with Crippen LogP contribution in [0.1, 0.15) is 22.3 Å². The average Bonchev–Trinajstić information content (AvgIpc) is 3.22. The molecule has 0 aliphatic carbocycles. The minimum absolute atomic E-state index is 0.208. The van der Waals surface area contributed by atoms with Crippen molar-refractivity contribution >= 4 is 37.7 Å². The third kappa shape index (κ3) is 6.04. The van der Waals surface area contributed by atoms with Gasteiger partial charge in [-0.05, 0) is 65.6 Å². The number of halogens is 3. The van der Waals surface area contributed by atoms with Gasteiger partial charge in [-0.1, -0.05) is 54.6 Å². The van der Waals surface area contributed by atoms with Crippen LogP contribution in [0.25, 0.3) is 10.1 Å². The fourth-order valence-electron chi connectivity index (χ4n) is 5.04. The van der Waals surface area contributed by atoms with E-state index in [0.717, 1.165) is 34.2 Å². The quantitative estimate of drug-likeness (QED) is 0.235. The van der Waals surface area contributed by atoms with Gasteiger partial charge in [-0.25, -0.2) is 0 Å². The maximum atomic E-state index is 12.6. The van der Waals surface area contributed by atoms with Crippen LogP contribution in [0.2, 0.25) is 0 Å². The Morgan fingerprint density at radius 3 is 2.42 bits per heavy atom. The first-order chi connectivity index (χ1) is 18.2. The van der Waals surface area contributed by atoms with E-state index < -0.39 is 17.6 Å². The molecule has 200 valence electrons. The van der Waals surface area contributed by atoms with Gasteiger partial charge in [-0.2, -0.15) is 0 Å². The van der Waals surface area contributed by atoms with Gasteiger partial charge in [0.15, 0.2) is 0 Å². The third-order valence-electron chi connectivity index (χ3n) is 6.91. The molecule has 10 heteroatoms. The van der Waals surface area contributed by atoms with Gasteiger partial charge in [-0.15, -0.1) is 24.5 Å². The summed E-state index contributed by atoms with van der Waals surface area (Å²) >= 11 is -1.07. The number of hydrogen-bond donors (Lipinski definition) is 0. The van der Waals surface area contributed by atoms with Crippen LogP contribution in [-0.4, -0.2) is 39.2 Å². The molecule has 5 rings (SSSR count). The standard InChI is InChI=1S/C28H27F3N2O3S2/c1-19-25-8-4-5-9-26(25)37-27(19)33(38(34)35)18-23(32-15-14-21-6-2-3-7-22(21)17-32)16-20-10-12-24(13-11-20)36-28(29,30)31/h2-13,23H,14-18H2,1H3,(H,34,35)/p-1. The van der Waals surface area contributed by atoms with E-state index in [1.54, 1.807) is 12.1 Å². The summed E-state index contributed by atoms with van der Waals surface area (Å²) in [6.07, 6.45) is -3.45. The van der Waals surface area contributed by atoms with Gasteiger partial charge in [0.2, 0.25) is 0 Å². The van der Waals surface area contributed by atoms with E-state index in [4.69, 9.17) is 0 Å². The van der Waals surface area contributed by atoms with Crippen LogP contribution in [0.5, 0.6) is 5.75 Å². The lowest BCUT2D eigenvalue weighted by molar-refractivity contribution is -0.274. The van der Waals surface area contributed by atoms with Crippen molar-refractivity contribution in [3.05, 3.63) is 95.1 Å². The van der Waals surface area contributed by atoms with Crippen LogP contribution in [0.3, 0.4) is 0 Å². The Kier molecular flexibility index (Phi) is 7.76. The molecule has 1 aromatic heterocycles. The zero-order valence-electron chi connectivity index (χ0n) is 20.6. The van der Waals surface area contributed by atoms with Gasteiger partial charge in [0.1, 0.15) is 10.8 Å². The fraction of sp³-hybridized carbons (Fsp3) is 0.286. The summed E-state index contributed by atoms with van der Waals surface area (Å²) in [5, 5.41) is 1.70. The normalized spacial score (nSPS) is 15.7. The molecule has 2 atom stereocenters. The van der Waals surface area contributed by atoms with Gasteiger partial charge in [0, 0.05) is 41.6 Å². The van der Waals surface area contributed by atoms with E-state index in [1.807, 2.05) is 43.3 Å². The molecule has 0 saturated carbocycles. The van der Waals surface area contributed by atoms with Crippen molar-refractivity contribution in [2.75, 3.05) is 17.4 Å². The number of ether oxygens (including phenoxy) is 1. The molecule has 3 aromatic carbocycles. The van der Waals surface area contributed by atoms with Crippen molar-refractivity contribution in [1.29, 1.82) is 0 Å². The van der Waals surface area contributed by atoms with E-state index in [9.17, 15) is 21.9 Å². The minimum atomic E-state index is -4.76. The molecule has 0 N–H and O–H groups in total. The summed E-state index contributed by atoms with van der Waals surface area (Å²) in [5.74, 6) is -0.284. The van der Waals surface area contributed by atoms with Crippen molar-refractivity contribution in [2.45, 2.75) is 38.7 Å². The molecule has 0 fully saturated rings. The van der Waals surface area contributed by atoms with Crippen molar-refractivity contribution in [3.63, 3.8) is 0 Å². The number of nitrogens with zero attached hydrogens (tertiary/aromatic N) is 2. The number of aryl methyl sites for hydroxylation is 1. The summed E-state index contributed by atoms with van der Waals surface area (Å²) in [6, 6.07) is 21.6. The highest BCUT2D eigenvalue weighted by molar-refractivity contribution is 7.81. The van der Waals surface area contributed by atoms with Crippen LogP contribution in [0, 0.1) is 6.92 Å². The minimum Gasteiger partial charge on any atom is -0.755 e. The number of thiophene rings is 1. The largest absolute Gasteiger partial charge is 0.755 e. The Bertz CT molecular complexity index is 1440. The molecule has 0 spiro atoms. The summed E-state index contributed by atoms with van der Waals surface area (Å²) in [5.41, 5.74) is 4.19. The highest BCUT2D eigenvalue weighted by Gasteiger charge is 2.31. The number of fused-ring (bicyclic) bond motifs is 2. The van der Waals surface area contributed by atoms with Crippen LogP contribution in [-0.2, 0) is 30.7 Å². The molecule has 5 nitrogen and oxygen atoms in total. The first-order valence-corrected chi connectivity index (χ1v) is 14.0. The summed E-state index contributed by atoms with van der Waals surface area (Å²) in [4.78, 5) is 2.27. The van der Waals surface area contributed by atoms with Gasteiger partial charge >= 0.3 is 6.36 Å². The van der Waals surface area contributed by atoms with Crippen molar-refractivity contribution in [3.8, 4) is 5.75 Å². The molecular weight excluding hydrogens is 533 g/mol. The zero-order chi connectivity index (χ0) is 26.9. The lowest BCUT2D eigenvalue weighted by Gasteiger charge is -2.39. The summed E-state index contributed by atoms with van der Waals surface area (Å²) in [7, 11) is 0. The molecule has 2 unspecified atom stereocenters. The topological polar surface area (TPSA) is 55.8 Å². The monoisotopic (exact) mass is 559 g/mol. The van der Waals surface area contributed by atoms with Gasteiger partial charge in [0.05, 0.1) is 0 Å². The van der Waals surface area contributed by atoms with E-state index >= 15 is 0 Å². The Labute approximate surface area is 225 Å². The SMILES string of the molecule is Cc1c(N(CC(Cc2ccc(OC(F)(F)F)cc2)N2CCc3ccccc3C2)S(=O)[O-])sc2ccccc12. The van der Waals surface area contributed by atoms with Crippen molar-refractivity contribution < 1.29 is 26.7 Å². The molecule has 1 aliphatic heterocycles. The third-order valence-corrected chi connectivity index (χ3v) is 9.01. The first-order valence-electron chi connectivity index (χ1n) is 12.2. The Balaban J connectivity index is 1.45.